The lowest BCUT2D eigenvalue weighted by Crippen LogP contribution is -3.15. The largest absolute Gasteiger partial charge is 0.358 e. The van der Waals surface area contributed by atoms with Gasteiger partial charge in [0, 0.05) is 41.7 Å². The topological polar surface area (TPSA) is 43.8 Å². The van der Waals surface area contributed by atoms with Gasteiger partial charge in [-0.15, -0.1) is 0 Å². The number of benzene rings is 2. The Labute approximate surface area is 176 Å². The fourth-order valence-corrected chi connectivity index (χ4v) is 4.82. The number of amides is 1. The summed E-state index contributed by atoms with van der Waals surface area (Å²) < 4.78 is 14.0. The monoisotopic (exact) mass is 407 g/mol. The maximum absolute atomic E-state index is 14.0. The van der Waals surface area contributed by atoms with Crippen molar-refractivity contribution in [2.24, 2.45) is 0 Å². The Kier molecular flexibility index (Phi) is 4.95. The first-order valence-corrected chi connectivity index (χ1v) is 10.8. The molecule has 2 aliphatic rings. The molecule has 1 amide bonds. The summed E-state index contributed by atoms with van der Waals surface area (Å²) in [6.45, 7) is 7.33. The molecule has 6 heteroatoms. The van der Waals surface area contributed by atoms with Crippen molar-refractivity contribution in [3.8, 4) is 0 Å². The molecule has 2 aromatic carbocycles. The van der Waals surface area contributed by atoms with E-state index in [1.807, 2.05) is 17.0 Å². The SMILES string of the molecule is Cc1ccc2[nH]c3c(c2c1)CN(C(=O)C[NH+]1CCN(c2ccccc2F)CC1)CC3. The first kappa shape index (κ1) is 19.1. The molecule has 1 aromatic heterocycles. The second-order valence-electron chi connectivity index (χ2n) is 8.56. The number of aromatic amines is 1. The minimum Gasteiger partial charge on any atom is -0.358 e. The van der Waals surface area contributed by atoms with Gasteiger partial charge < -0.3 is 19.7 Å². The number of H-pyrrole nitrogens is 1. The zero-order valence-corrected chi connectivity index (χ0v) is 17.4. The lowest BCUT2D eigenvalue weighted by molar-refractivity contribution is -0.892. The highest BCUT2D eigenvalue weighted by Crippen LogP contribution is 2.28. The van der Waals surface area contributed by atoms with E-state index in [2.05, 4.69) is 35.0 Å². The van der Waals surface area contributed by atoms with Crippen LogP contribution in [0.1, 0.15) is 16.8 Å². The standard InChI is InChI=1S/C24H27FN4O/c1-17-6-7-21-18(14-17)19-15-29(9-8-22(19)26-21)24(30)16-27-10-12-28(13-11-27)23-5-3-2-4-20(23)25/h2-7,14,26H,8-13,15-16H2,1H3/p+1. The molecule has 1 fully saturated rings. The molecular formula is C24H28FN4O+. The number of quaternary nitrogens is 1. The van der Waals surface area contributed by atoms with Gasteiger partial charge in [-0.05, 0) is 31.2 Å². The third kappa shape index (κ3) is 3.56. The lowest BCUT2D eigenvalue weighted by atomic mass is 10.0. The number of para-hydroxylation sites is 1. The second-order valence-corrected chi connectivity index (χ2v) is 8.56. The molecule has 3 aromatic rings. The number of nitrogens with zero attached hydrogens (tertiary/aromatic N) is 2. The van der Waals surface area contributed by atoms with Crippen molar-refractivity contribution in [2.75, 3.05) is 44.2 Å². The predicted octanol–water partition coefficient (Wildman–Crippen LogP) is 1.91. The molecule has 156 valence electrons. The summed E-state index contributed by atoms with van der Waals surface area (Å²) in [4.78, 5) is 21.9. The summed E-state index contributed by atoms with van der Waals surface area (Å²) in [5, 5.41) is 1.24. The molecule has 2 aliphatic heterocycles. The fraction of sp³-hybridized carbons (Fsp3) is 0.375. The summed E-state index contributed by atoms with van der Waals surface area (Å²) in [6, 6.07) is 13.4. The number of hydrogen-bond acceptors (Lipinski definition) is 2. The van der Waals surface area contributed by atoms with Crippen LogP contribution in [0.25, 0.3) is 10.9 Å². The van der Waals surface area contributed by atoms with Crippen LogP contribution in [0.5, 0.6) is 0 Å². The van der Waals surface area contributed by atoms with Gasteiger partial charge in [0.15, 0.2) is 6.54 Å². The molecule has 0 unspecified atom stereocenters. The normalized spacial score (nSPS) is 17.4. The number of anilines is 1. The Morgan fingerprint density at radius 1 is 1.13 bits per heavy atom. The second kappa shape index (κ2) is 7.76. The first-order chi connectivity index (χ1) is 14.6. The Morgan fingerprint density at radius 3 is 2.73 bits per heavy atom. The van der Waals surface area contributed by atoms with Gasteiger partial charge in [0.25, 0.3) is 5.91 Å². The molecule has 2 N–H and O–H groups in total. The molecule has 0 bridgehead atoms. The predicted molar refractivity (Wildman–Crippen MR) is 116 cm³/mol. The van der Waals surface area contributed by atoms with Crippen LogP contribution >= 0.6 is 0 Å². The smallest absolute Gasteiger partial charge is 0.278 e. The van der Waals surface area contributed by atoms with Crippen molar-refractivity contribution in [1.82, 2.24) is 9.88 Å². The number of hydrogen-bond donors (Lipinski definition) is 2. The molecule has 3 heterocycles. The van der Waals surface area contributed by atoms with Crippen molar-refractivity contribution in [3.63, 3.8) is 0 Å². The molecular weight excluding hydrogens is 379 g/mol. The summed E-state index contributed by atoms with van der Waals surface area (Å²) in [5.41, 5.74) is 5.61. The van der Waals surface area contributed by atoms with Crippen LogP contribution < -0.4 is 9.80 Å². The fourth-order valence-electron chi connectivity index (χ4n) is 4.82. The van der Waals surface area contributed by atoms with Crippen LogP contribution in [-0.4, -0.2) is 55.1 Å². The van der Waals surface area contributed by atoms with Crippen molar-refractivity contribution in [3.05, 3.63) is 65.1 Å². The summed E-state index contributed by atoms with van der Waals surface area (Å²) in [7, 11) is 0. The van der Waals surface area contributed by atoms with E-state index in [1.54, 1.807) is 6.07 Å². The van der Waals surface area contributed by atoms with Gasteiger partial charge in [-0.1, -0.05) is 23.8 Å². The minimum atomic E-state index is -0.171. The minimum absolute atomic E-state index is 0.171. The van der Waals surface area contributed by atoms with Gasteiger partial charge in [0.1, 0.15) is 5.82 Å². The van der Waals surface area contributed by atoms with Crippen molar-refractivity contribution in [1.29, 1.82) is 0 Å². The molecule has 5 nitrogen and oxygen atoms in total. The Morgan fingerprint density at radius 2 is 1.93 bits per heavy atom. The van der Waals surface area contributed by atoms with Crippen LogP contribution in [0.15, 0.2) is 42.5 Å². The average molecular weight is 408 g/mol. The molecule has 5 rings (SSSR count). The third-order valence-corrected chi connectivity index (χ3v) is 6.55. The van der Waals surface area contributed by atoms with Gasteiger partial charge in [-0.2, -0.15) is 0 Å². The van der Waals surface area contributed by atoms with Crippen LogP contribution in [0.4, 0.5) is 10.1 Å². The van der Waals surface area contributed by atoms with E-state index in [1.165, 1.54) is 33.2 Å². The Hall–Kier alpha value is -2.86. The third-order valence-electron chi connectivity index (χ3n) is 6.55. The molecule has 0 spiro atoms. The van der Waals surface area contributed by atoms with Crippen molar-refractivity contribution in [2.45, 2.75) is 19.9 Å². The molecule has 0 saturated carbocycles. The summed E-state index contributed by atoms with van der Waals surface area (Å²) >= 11 is 0. The highest BCUT2D eigenvalue weighted by molar-refractivity contribution is 5.86. The van der Waals surface area contributed by atoms with Crippen LogP contribution in [-0.2, 0) is 17.8 Å². The van der Waals surface area contributed by atoms with Gasteiger partial charge in [-0.3, -0.25) is 4.79 Å². The van der Waals surface area contributed by atoms with E-state index in [-0.39, 0.29) is 11.7 Å². The van der Waals surface area contributed by atoms with Crippen LogP contribution in [0.2, 0.25) is 0 Å². The van der Waals surface area contributed by atoms with Gasteiger partial charge >= 0.3 is 0 Å². The van der Waals surface area contributed by atoms with E-state index in [0.29, 0.717) is 18.8 Å². The Balaban J connectivity index is 1.21. The molecule has 0 atom stereocenters. The highest BCUT2D eigenvalue weighted by Gasteiger charge is 2.29. The van der Waals surface area contributed by atoms with Crippen LogP contribution in [0, 0.1) is 12.7 Å². The number of halogens is 1. The van der Waals surface area contributed by atoms with E-state index in [9.17, 15) is 9.18 Å². The Bertz CT molecular complexity index is 1080. The number of carbonyl (C=O) groups is 1. The highest BCUT2D eigenvalue weighted by atomic mass is 19.1. The maximum atomic E-state index is 14.0. The summed E-state index contributed by atoms with van der Waals surface area (Å²) in [5.74, 6) is 0.0482. The zero-order chi connectivity index (χ0) is 20.7. The van der Waals surface area contributed by atoms with E-state index < -0.39 is 0 Å². The number of carbonyl (C=O) groups excluding carboxylic acids is 1. The van der Waals surface area contributed by atoms with Gasteiger partial charge in [-0.25, -0.2) is 4.39 Å². The molecule has 30 heavy (non-hydrogen) atoms. The van der Waals surface area contributed by atoms with E-state index in [4.69, 9.17) is 0 Å². The van der Waals surface area contributed by atoms with Crippen molar-refractivity contribution < 1.29 is 14.1 Å². The van der Waals surface area contributed by atoms with E-state index in [0.717, 1.165) is 44.7 Å². The zero-order valence-electron chi connectivity index (χ0n) is 17.4. The molecule has 0 aliphatic carbocycles. The number of fused-ring (bicyclic) bond motifs is 3. The van der Waals surface area contributed by atoms with Crippen LogP contribution in [0.3, 0.4) is 0 Å². The number of rotatable bonds is 3. The average Bonchev–Trinajstić information content (AvgIpc) is 3.12. The maximum Gasteiger partial charge on any atom is 0.278 e. The molecule has 1 saturated heterocycles. The lowest BCUT2D eigenvalue weighted by Gasteiger charge is -2.35. The number of aryl methyl sites for hydroxylation is 1. The number of piperazine rings is 1. The van der Waals surface area contributed by atoms with Gasteiger partial charge in [0.2, 0.25) is 0 Å². The summed E-state index contributed by atoms with van der Waals surface area (Å²) in [6.07, 6.45) is 0.880. The van der Waals surface area contributed by atoms with Crippen molar-refractivity contribution >= 4 is 22.5 Å². The van der Waals surface area contributed by atoms with E-state index >= 15 is 0 Å². The number of aromatic nitrogens is 1. The first-order valence-electron chi connectivity index (χ1n) is 10.8. The van der Waals surface area contributed by atoms with Gasteiger partial charge in [0.05, 0.1) is 31.9 Å². The molecule has 0 radical (unpaired) electrons. The number of nitrogens with one attached hydrogen (secondary N) is 2. The quantitative estimate of drug-likeness (QED) is 0.697.